The van der Waals surface area contributed by atoms with E-state index in [1.807, 2.05) is 30.3 Å². The third-order valence-electron chi connectivity index (χ3n) is 10.2. The van der Waals surface area contributed by atoms with E-state index < -0.39 is 23.8 Å². The lowest BCUT2D eigenvalue weighted by atomic mass is 9.55. The second-order valence-corrected chi connectivity index (χ2v) is 13.4. The van der Waals surface area contributed by atoms with Crippen molar-refractivity contribution in [2.75, 3.05) is 33.5 Å². The number of aromatic hydroxyl groups is 1. The molecule has 0 unspecified atom stereocenters. The minimum Gasteiger partial charge on any atom is -0.508 e. The number of amides is 1. The predicted octanol–water partition coefficient (Wildman–Crippen LogP) is 6.87. The molecule has 5 rings (SSSR count). The van der Waals surface area contributed by atoms with Crippen molar-refractivity contribution in [3.8, 4) is 11.5 Å². The van der Waals surface area contributed by atoms with Crippen LogP contribution < -0.4 is 4.74 Å². The van der Waals surface area contributed by atoms with E-state index >= 15 is 0 Å². The van der Waals surface area contributed by atoms with Crippen LogP contribution in [0.5, 0.6) is 11.5 Å². The first-order valence-corrected chi connectivity index (χ1v) is 17.8. The van der Waals surface area contributed by atoms with Gasteiger partial charge in [0, 0.05) is 38.2 Å². The van der Waals surface area contributed by atoms with Crippen LogP contribution in [0.4, 0.5) is 4.79 Å². The topological polar surface area (TPSA) is 130 Å². The number of ether oxygens (including phenoxy) is 3. The number of oxime groups is 1. The lowest BCUT2D eigenvalue weighted by Gasteiger charge is -2.59. The molecule has 10 nitrogen and oxygen atoms in total. The van der Waals surface area contributed by atoms with E-state index in [-0.39, 0.29) is 63.0 Å². The molecule has 0 aromatic heterocycles. The highest BCUT2D eigenvalue weighted by Gasteiger charge is 2.65. The standard InChI is InChI=1S/C40H52N2O8/c1-4-6-23-47-39(46)42(3)36-26-34(41-49-27-28-14-8-7-9-15-28)32-24-29(16-10-12-20-43)31(17-11-13-21-44)37-33-25-30(45)18-19-35(33)50-40(36,38(32)37)48-22-5-2/h4-5,7-9,14-15,18-19,24-25,29,31,36-38,43-45H,1-2,6,10-13,16-17,20-23,26-27H2,3H3/t29-,31+,36-,37+,38+,40+/m0/s1. The van der Waals surface area contributed by atoms with Crippen LogP contribution in [0.1, 0.15) is 68.4 Å². The van der Waals surface area contributed by atoms with Crippen molar-refractivity contribution in [3.05, 3.63) is 96.6 Å². The smallest absolute Gasteiger partial charge is 0.409 e. The Kier molecular flexibility index (Phi) is 13.1. The van der Waals surface area contributed by atoms with E-state index in [9.17, 15) is 20.1 Å². The number of allylic oxidation sites excluding steroid dienone is 1. The molecule has 0 spiro atoms. The zero-order valence-electron chi connectivity index (χ0n) is 29.1. The number of hydrogen-bond acceptors (Lipinski definition) is 9. The van der Waals surface area contributed by atoms with Crippen LogP contribution in [0, 0.1) is 17.8 Å². The van der Waals surface area contributed by atoms with Gasteiger partial charge in [0.05, 0.1) is 24.8 Å². The number of phenols is 1. The molecule has 2 aliphatic carbocycles. The van der Waals surface area contributed by atoms with E-state index in [0.717, 1.165) is 42.4 Å². The average Bonchev–Trinajstić information content (AvgIpc) is 3.12. The number of nitrogens with zero attached hydrogens (tertiary/aromatic N) is 2. The number of fused-ring (bicyclic) bond motifs is 2. The second kappa shape index (κ2) is 17.7. The number of unbranched alkanes of at least 4 members (excludes halogenated alkanes) is 2. The van der Waals surface area contributed by atoms with Crippen LogP contribution in [-0.2, 0) is 20.9 Å². The largest absolute Gasteiger partial charge is 0.508 e. The fraction of sp³-hybridized carbons (Fsp3) is 0.500. The maximum absolute atomic E-state index is 13.7. The summed E-state index contributed by atoms with van der Waals surface area (Å²) in [6.45, 7) is 8.50. The lowest BCUT2D eigenvalue weighted by molar-refractivity contribution is -0.253. The van der Waals surface area contributed by atoms with E-state index in [1.165, 1.54) is 0 Å². The fourth-order valence-electron chi connectivity index (χ4n) is 7.95. The van der Waals surface area contributed by atoms with Crippen LogP contribution in [0.2, 0.25) is 0 Å². The van der Waals surface area contributed by atoms with Crippen molar-refractivity contribution in [2.45, 2.75) is 75.7 Å². The van der Waals surface area contributed by atoms with Gasteiger partial charge in [0.25, 0.3) is 0 Å². The Labute approximate surface area is 295 Å². The summed E-state index contributed by atoms with van der Waals surface area (Å²) in [5, 5.41) is 35.0. The fourth-order valence-corrected chi connectivity index (χ4v) is 7.95. The van der Waals surface area contributed by atoms with Gasteiger partial charge in [-0.1, -0.05) is 66.6 Å². The summed E-state index contributed by atoms with van der Waals surface area (Å²) >= 11 is 0. The van der Waals surface area contributed by atoms with E-state index in [0.29, 0.717) is 30.7 Å². The molecule has 1 heterocycles. The van der Waals surface area contributed by atoms with Crippen LogP contribution in [-0.4, -0.2) is 77.3 Å². The van der Waals surface area contributed by atoms with Gasteiger partial charge in [-0.25, -0.2) is 4.79 Å². The number of hydrogen-bond donors (Lipinski definition) is 3. The van der Waals surface area contributed by atoms with Gasteiger partial charge < -0.3 is 39.3 Å². The van der Waals surface area contributed by atoms with Gasteiger partial charge in [0.2, 0.25) is 5.79 Å². The minimum absolute atomic E-state index is 0.0697. The Morgan fingerprint density at radius 3 is 2.54 bits per heavy atom. The average molecular weight is 689 g/mol. The first kappa shape index (κ1) is 37.1. The van der Waals surface area contributed by atoms with Crippen LogP contribution in [0.25, 0.3) is 0 Å². The lowest BCUT2D eigenvalue weighted by Crippen LogP contribution is -2.69. The number of likely N-dealkylation sites (N-methyl/N-ethyl adjacent to an activating group) is 1. The molecule has 2 aromatic rings. The highest BCUT2D eigenvalue weighted by Crippen LogP contribution is 2.61. The van der Waals surface area contributed by atoms with Crippen molar-refractivity contribution >= 4 is 11.8 Å². The van der Waals surface area contributed by atoms with Gasteiger partial charge in [-0.05, 0) is 73.3 Å². The monoisotopic (exact) mass is 688 g/mol. The van der Waals surface area contributed by atoms with Crippen molar-refractivity contribution in [2.24, 2.45) is 22.9 Å². The first-order valence-electron chi connectivity index (χ1n) is 17.8. The van der Waals surface area contributed by atoms with Gasteiger partial charge in [-0.3, -0.25) is 0 Å². The summed E-state index contributed by atoms with van der Waals surface area (Å²) in [5.74, 6) is -1.16. The Hall–Kier alpha value is -4.12. The molecule has 50 heavy (non-hydrogen) atoms. The third kappa shape index (κ3) is 8.09. The molecule has 1 aliphatic heterocycles. The predicted molar refractivity (Wildman–Crippen MR) is 192 cm³/mol. The second-order valence-electron chi connectivity index (χ2n) is 13.4. The minimum atomic E-state index is -1.37. The molecular formula is C40H52N2O8. The zero-order chi connectivity index (χ0) is 35.5. The van der Waals surface area contributed by atoms with E-state index in [1.54, 1.807) is 42.3 Å². The van der Waals surface area contributed by atoms with Gasteiger partial charge >= 0.3 is 6.09 Å². The van der Waals surface area contributed by atoms with Crippen LogP contribution in [0.3, 0.4) is 0 Å². The molecule has 0 radical (unpaired) electrons. The Bertz CT molecular complexity index is 1510. The molecule has 6 atom stereocenters. The summed E-state index contributed by atoms with van der Waals surface area (Å²) in [7, 11) is 1.70. The molecule has 3 N–H and O–H groups in total. The molecule has 0 saturated heterocycles. The number of aliphatic hydroxyl groups excluding tert-OH is 2. The molecule has 3 aliphatic rings. The molecule has 1 saturated carbocycles. The molecule has 10 heteroatoms. The van der Waals surface area contributed by atoms with Gasteiger partial charge in [0.15, 0.2) is 0 Å². The Morgan fingerprint density at radius 2 is 1.82 bits per heavy atom. The molecule has 2 aromatic carbocycles. The van der Waals surface area contributed by atoms with Crippen LogP contribution in [0.15, 0.2) is 90.6 Å². The number of phenolic OH excluding ortho intramolecular Hbond substituents is 1. The number of carbonyl (C=O) groups is 1. The van der Waals surface area contributed by atoms with E-state index in [4.69, 9.17) is 24.2 Å². The van der Waals surface area contributed by atoms with Gasteiger partial charge in [0.1, 0.15) is 24.1 Å². The third-order valence-corrected chi connectivity index (χ3v) is 10.2. The van der Waals surface area contributed by atoms with Crippen molar-refractivity contribution in [3.63, 3.8) is 0 Å². The highest BCUT2D eigenvalue weighted by molar-refractivity contribution is 6.02. The van der Waals surface area contributed by atoms with Crippen molar-refractivity contribution < 1.29 is 39.2 Å². The SMILES string of the molecule is C=CCCOC(=O)N(C)[C@H]1CC(=NOCc2ccccc2)C2=C[C@H](CCCCO)[C@@H](CCCCO)[C@@H]3c4cc(O)ccc4O[C@@]1(OCC=C)[C@H]23. The summed E-state index contributed by atoms with van der Waals surface area (Å²) in [5.41, 5.74) is 3.46. The maximum Gasteiger partial charge on any atom is 0.409 e. The van der Waals surface area contributed by atoms with Crippen LogP contribution >= 0.6 is 0 Å². The zero-order valence-corrected chi connectivity index (χ0v) is 29.1. The highest BCUT2D eigenvalue weighted by atomic mass is 16.7. The Morgan fingerprint density at radius 1 is 1.06 bits per heavy atom. The van der Waals surface area contributed by atoms with Gasteiger partial charge in [-0.15, -0.1) is 13.2 Å². The molecule has 1 amide bonds. The van der Waals surface area contributed by atoms with E-state index in [2.05, 4.69) is 19.2 Å². The number of benzene rings is 2. The summed E-state index contributed by atoms with van der Waals surface area (Å²) in [6, 6.07) is 14.3. The van der Waals surface area contributed by atoms with Crippen molar-refractivity contribution in [1.29, 1.82) is 0 Å². The van der Waals surface area contributed by atoms with Gasteiger partial charge in [-0.2, -0.15) is 0 Å². The summed E-state index contributed by atoms with van der Waals surface area (Å²) in [4.78, 5) is 21.3. The quantitative estimate of drug-likeness (QED) is 0.0879. The Balaban J connectivity index is 1.70. The molecule has 1 fully saturated rings. The number of rotatable bonds is 18. The normalized spacial score (nSPS) is 25.8. The maximum atomic E-state index is 13.7. The number of aliphatic hydroxyl groups is 2. The molecule has 0 bridgehead atoms. The summed E-state index contributed by atoms with van der Waals surface area (Å²) in [6.07, 6.45) is 10.5. The van der Waals surface area contributed by atoms with Crippen molar-refractivity contribution in [1.82, 2.24) is 4.90 Å². The first-order chi connectivity index (χ1) is 24.4. The number of carbonyl (C=O) groups excluding carboxylic acids is 1. The summed E-state index contributed by atoms with van der Waals surface area (Å²) < 4.78 is 19.5. The molecule has 270 valence electrons. The molecular weight excluding hydrogens is 636 g/mol.